The topological polar surface area (TPSA) is 29.3 Å². The summed E-state index contributed by atoms with van der Waals surface area (Å²) >= 11 is 0. The van der Waals surface area contributed by atoms with Crippen molar-refractivity contribution >= 4 is 30.5 Å². The molecule has 0 spiro atoms. The van der Waals surface area contributed by atoms with Crippen molar-refractivity contribution in [2.75, 3.05) is 18.0 Å². The Morgan fingerprint density at radius 1 is 1.29 bits per heavy atom. The average Bonchev–Trinajstić information content (AvgIpc) is 2.29. The van der Waals surface area contributed by atoms with Crippen LogP contribution in [0.1, 0.15) is 25.3 Å². The zero-order valence-corrected chi connectivity index (χ0v) is 11.9. The fourth-order valence-corrected chi connectivity index (χ4v) is 2.40. The first-order valence-corrected chi connectivity index (χ1v) is 5.84. The lowest BCUT2D eigenvalue weighted by Gasteiger charge is -2.34. The van der Waals surface area contributed by atoms with Gasteiger partial charge >= 0.3 is 0 Å². The summed E-state index contributed by atoms with van der Waals surface area (Å²) in [6, 6.07) is 8.50. The molecule has 2 rings (SSSR count). The lowest BCUT2D eigenvalue weighted by atomic mass is 9.99. The number of para-hydroxylation sites is 1. The smallest absolute Gasteiger partial charge is 0.0411 e. The van der Waals surface area contributed by atoms with E-state index in [1.165, 1.54) is 37.2 Å². The van der Waals surface area contributed by atoms with E-state index in [1.807, 2.05) is 0 Å². The van der Waals surface area contributed by atoms with Gasteiger partial charge in [0.15, 0.2) is 0 Å². The van der Waals surface area contributed by atoms with E-state index in [2.05, 4.69) is 36.1 Å². The molecule has 1 fully saturated rings. The average molecular weight is 277 g/mol. The highest BCUT2D eigenvalue weighted by Crippen LogP contribution is 2.25. The van der Waals surface area contributed by atoms with Gasteiger partial charge in [-0.1, -0.05) is 25.1 Å². The molecule has 1 heterocycles. The minimum Gasteiger partial charge on any atom is -0.371 e. The zero-order valence-electron chi connectivity index (χ0n) is 10.3. The van der Waals surface area contributed by atoms with Gasteiger partial charge in [-0.05, 0) is 30.4 Å². The van der Waals surface area contributed by atoms with E-state index < -0.39 is 0 Å². The van der Waals surface area contributed by atoms with Crippen LogP contribution in [0, 0.1) is 5.92 Å². The number of benzene rings is 1. The summed E-state index contributed by atoms with van der Waals surface area (Å²) in [6.07, 6.45) is 2.67. The fraction of sp³-hybridized carbons (Fsp3) is 0.538. The predicted molar refractivity (Wildman–Crippen MR) is 79.4 cm³/mol. The first kappa shape index (κ1) is 16.6. The van der Waals surface area contributed by atoms with Gasteiger partial charge in [-0.25, -0.2) is 0 Å². The van der Waals surface area contributed by atoms with Crippen LogP contribution >= 0.6 is 24.8 Å². The molecule has 1 unspecified atom stereocenters. The molecule has 17 heavy (non-hydrogen) atoms. The van der Waals surface area contributed by atoms with Gasteiger partial charge in [-0.3, -0.25) is 0 Å². The van der Waals surface area contributed by atoms with Gasteiger partial charge in [-0.15, -0.1) is 24.8 Å². The molecule has 4 heteroatoms. The molecule has 1 aromatic carbocycles. The van der Waals surface area contributed by atoms with E-state index in [1.54, 1.807) is 0 Å². The minimum absolute atomic E-state index is 0. The lowest BCUT2D eigenvalue weighted by molar-refractivity contribution is 0.446. The predicted octanol–water partition coefficient (Wildman–Crippen LogP) is 3.23. The molecule has 0 radical (unpaired) electrons. The Kier molecular flexibility index (Phi) is 7.60. The van der Waals surface area contributed by atoms with E-state index >= 15 is 0 Å². The normalized spacial score (nSPS) is 19.2. The maximum Gasteiger partial charge on any atom is 0.0411 e. The number of halogens is 2. The summed E-state index contributed by atoms with van der Waals surface area (Å²) < 4.78 is 0. The molecule has 2 N–H and O–H groups in total. The first-order valence-electron chi connectivity index (χ1n) is 5.84. The standard InChI is InChI=1S/C13H20N2.2ClH/c1-11-5-4-8-15(10-11)13-7-3-2-6-12(13)9-14;;/h2-3,6-7,11H,4-5,8-10,14H2,1H3;2*1H. The van der Waals surface area contributed by atoms with Crippen LogP contribution in [0.25, 0.3) is 0 Å². The highest BCUT2D eigenvalue weighted by molar-refractivity contribution is 5.85. The molecule has 0 aliphatic carbocycles. The summed E-state index contributed by atoms with van der Waals surface area (Å²) in [7, 11) is 0. The molecule has 98 valence electrons. The third kappa shape index (κ3) is 4.06. The quantitative estimate of drug-likeness (QED) is 0.899. The van der Waals surface area contributed by atoms with E-state index in [4.69, 9.17) is 5.73 Å². The molecule has 1 atom stereocenters. The molecular weight excluding hydrogens is 255 g/mol. The molecule has 1 aliphatic rings. The Labute approximate surface area is 116 Å². The monoisotopic (exact) mass is 276 g/mol. The first-order chi connectivity index (χ1) is 7.31. The Morgan fingerprint density at radius 2 is 2.00 bits per heavy atom. The molecule has 1 aliphatic heterocycles. The minimum atomic E-state index is 0. The van der Waals surface area contributed by atoms with Crippen molar-refractivity contribution in [1.29, 1.82) is 0 Å². The lowest BCUT2D eigenvalue weighted by Crippen LogP contribution is -2.35. The van der Waals surface area contributed by atoms with Crippen molar-refractivity contribution in [2.45, 2.75) is 26.3 Å². The summed E-state index contributed by atoms with van der Waals surface area (Å²) in [5.74, 6) is 0.810. The Morgan fingerprint density at radius 3 is 2.65 bits per heavy atom. The van der Waals surface area contributed by atoms with Crippen molar-refractivity contribution in [3.8, 4) is 0 Å². The molecule has 2 nitrogen and oxygen atoms in total. The van der Waals surface area contributed by atoms with Gasteiger partial charge < -0.3 is 10.6 Å². The van der Waals surface area contributed by atoms with E-state index in [0.29, 0.717) is 6.54 Å². The van der Waals surface area contributed by atoms with E-state index in [0.717, 1.165) is 5.92 Å². The van der Waals surface area contributed by atoms with Crippen molar-refractivity contribution in [2.24, 2.45) is 11.7 Å². The van der Waals surface area contributed by atoms with Crippen molar-refractivity contribution in [3.63, 3.8) is 0 Å². The van der Waals surface area contributed by atoms with E-state index in [-0.39, 0.29) is 24.8 Å². The van der Waals surface area contributed by atoms with Crippen molar-refractivity contribution in [1.82, 2.24) is 0 Å². The van der Waals surface area contributed by atoms with Gasteiger partial charge in [-0.2, -0.15) is 0 Å². The molecule has 1 saturated heterocycles. The Bertz CT molecular complexity index is 331. The van der Waals surface area contributed by atoms with Crippen LogP contribution in [-0.2, 0) is 6.54 Å². The number of anilines is 1. The number of hydrogen-bond acceptors (Lipinski definition) is 2. The largest absolute Gasteiger partial charge is 0.371 e. The second-order valence-electron chi connectivity index (χ2n) is 4.53. The number of hydrogen-bond donors (Lipinski definition) is 1. The van der Waals surface area contributed by atoms with Gasteiger partial charge in [0.2, 0.25) is 0 Å². The highest BCUT2D eigenvalue weighted by Gasteiger charge is 2.17. The Hall–Kier alpha value is -0.440. The van der Waals surface area contributed by atoms with Crippen LogP contribution in [-0.4, -0.2) is 13.1 Å². The maximum absolute atomic E-state index is 5.77. The van der Waals surface area contributed by atoms with Gasteiger partial charge in [0.1, 0.15) is 0 Å². The Balaban J connectivity index is 0.00000128. The number of piperidine rings is 1. The molecule has 1 aromatic rings. The number of rotatable bonds is 2. The second kappa shape index (κ2) is 7.80. The maximum atomic E-state index is 5.77. The van der Waals surface area contributed by atoms with Crippen LogP contribution in [0.3, 0.4) is 0 Å². The van der Waals surface area contributed by atoms with Crippen LogP contribution in [0.15, 0.2) is 24.3 Å². The molecule has 0 amide bonds. The van der Waals surface area contributed by atoms with Gasteiger partial charge in [0.25, 0.3) is 0 Å². The van der Waals surface area contributed by atoms with Crippen LogP contribution in [0.5, 0.6) is 0 Å². The summed E-state index contributed by atoms with van der Waals surface area (Å²) in [5.41, 5.74) is 8.37. The summed E-state index contributed by atoms with van der Waals surface area (Å²) in [6.45, 7) is 5.33. The number of nitrogens with two attached hydrogens (primary N) is 1. The molecule has 0 saturated carbocycles. The molecule has 0 bridgehead atoms. The zero-order chi connectivity index (χ0) is 10.7. The second-order valence-corrected chi connectivity index (χ2v) is 4.53. The van der Waals surface area contributed by atoms with Crippen molar-refractivity contribution < 1.29 is 0 Å². The fourth-order valence-electron chi connectivity index (χ4n) is 2.40. The molecular formula is C13H22Cl2N2. The third-order valence-electron chi connectivity index (χ3n) is 3.21. The SMILES string of the molecule is CC1CCCN(c2ccccc2CN)C1.Cl.Cl. The number of nitrogens with zero attached hydrogens (tertiary/aromatic N) is 1. The molecule has 0 aromatic heterocycles. The van der Waals surface area contributed by atoms with Crippen LogP contribution in [0.2, 0.25) is 0 Å². The summed E-state index contributed by atoms with van der Waals surface area (Å²) in [5, 5.41) is 0. The van der Waals surface area contributed by atoms with Gasteiger partial charge in [0, 0.05) is 25.3 Å². The van der Waals surface area contributed by atoms with Crippen LogP contribution in [0.4, 0.5) is 5.69 Å². The van der Waals surface area contributed by atoms with Crippen molar-refractivity contribution in [3.05, 3.63) is 29.8 Å². The van der Waals surface area contributed by atoms with Crippen LogP contribution < -0.4 is 10.6 Å². The third-order valence-corrected chi connectivity index (χ3v) is 3.21. The summed E-state index contributed by atoms with van der Waals surface area (Å²) in [4.78, 5) is 2.48. The van der Waals surface area contributed by atoms with E-state index in [9.17, 15) is 0 Å². The van der Waals surface area contributed by atoms with Gasteiger partial charge in [0.05, 0.1) is 0 Å². The highest BCUT2D eigenvalue weighted by atomic mass is 35.5.